The van der Waals surface area contributed by atoms with E-state index < -0.39 is 0 Å². The van der Waals surface area contributed by atoms with E-state index in [0.717, 1.165) is 18.8 Å². The van der Waals surface area contributed by atoms with Crippen molar-refractivity contribution in [2.75, 3.05) is 29.5 Å². The fraction of sp³-hybridized carbons (Fsp3) is 0.222. The van der Waals surface area contributed by atoms with Crippen LogP contribution in [-0.2, 0) is 0 Å². The van der Waals surface area contributed by atoms with Crippen molar-refractivity contribution in [1.82, 2.24) is 0 Å². The molecule has 1 aliphatic heterocycles. The summed E-state index contributed by atoms with van der Waals surface area (Å²) in [5, 5.41) is 0. The topological polar surface area (TPSA) is 67.6 Å². The van der Waals surface area contributed by atoms with Crippen LogP contribution in [0.25, 0.3) is 0 Å². The number of nitrogen functional groups attached to an aromatic ring is 2. The maximum atomic E-state index is 5.69. The Bertz CT molecular complexity index is 345. The second-order valence-electron chi connectivity index (χ2n) is 3.03. The van der Waals surface area contributed by atoms with E-state index in [4.69, 9.17) is 11.5 Å². The zero-order valence-electron chi connectivity index (χ0n) is 7.27. The van der Waals surface area contributed by atoms with Gasteiger partial charge in [0.15, 0.2) is 0 Å². The third kappa shape index (κ3) is 1.42. The first-order valence-electron chi connectivity index (χ1n) is 4.19. The Balaban J connectivity index is 2.30. The summed E-state index contributed by atoms with van der Waals surface area (Å²) >= 11 is 0. The molecule has 1 aliphatic rings. The molecule has 4 N–H and O–H groups in total. The van der Waals surface area contributed by atoms with Gasteiger partial charge < -0.3 is 16.4 Å². The standard InChI is InChI=1S/C9H12N4/c10-8-2-1-7(5-9(8)11)13-4-3-12-6-13/h1-2,5-6H,3-4,10-11H2. The Hall–Kier alpha value is -1.71. The average Bonchev–Trinajstić information content (AvgIpc) is 2.62. The van der Waals surface area contributed by atoms with Crippen LogP contribution in [0.2, 0.25) is 0 Å². The molecule has 1 aromatic carbocycles. The van der Waals surface area contributed by atoms with Crippen molar-refractivity contribution in [1.29, 1.82) is 0 Å². The molecule has 0 fully saturated rings. The molecule has 0 radical (unpaired) electrons. The quantitative estimate of drug-likeness (QED) is 0.619. The average molecular weight is 176 g/mol. The first-order valence-corrected chi connectivity index (χ1v) is 4.19. The molecule has 0 unspecified atom stereocenters. The lowest BCUT2D eigenvalue weighted by Gasteiger charge is -2.14. The lowest BCUT2D eigenvalue weighted by atomic mass is 10.2. The van der Waals surface area contributed by atoms with Gasteiger partial charge in [-0.1, -0.05) is 0 Å². The Labute approximate surface area is 76.9 Å². The van der Waals surface area contributed by atoms with Crippen molar-refractivity contribution in [2.45, 2.75) is 0 Å². The van der Waals surface area contributed by atoms with Gasteiger partial charge in [0.2, 0.25) is 0 Å². The highest BCUT2D eigenvalue weighted by molar-refractivity contribution is 5.83. The van der Waals surface area contributed by atoms with Crippen LogP contribution < -0.4 is 16.4 Å². The summed E-state index contributed by atoms with van der Waals surface area (Å²) < 4.78 is 0. The van der Waals surface area contributed by atoms with Crippen molar-refractivity contribution < 1.29 is 0 Å². The Morgan fingerprint density at radius 1 is 1.23 bits per heavy atom. The molecule has 0 saturated heterocycles. The second kappa shape index (κ2) is 2.97. The molecular formula is C9H12N4. The van der Waals surface area contributed by atoms with Crippen molar-refractivity contribution in [3.63, 3.8) is 0 Å². The van der Waals surface area contributed by atoms with E-state index >= 15 is 0 Å². The summed E-state index contributed by atoms with van der Waals surface area (Å²) in [5.74, 6) is 0. The highest BCUT2D eigenvalue weighted by Crippen LogP contribution is 2.22. The van der Waals surface area contributed by atoms with E-state index in [1.54, 1.807) is 0 Å². The Morgan fingerprint density at radius 2 is 2.08 bits per heavy atom. The van der Waals surface area contributed by atoms with E-state index in [0.29, 0.717) is 11.4 Å². The van der Waals surface area contributed by atoms with Crippen molar-refractivity contribution in [2.24, 2.45) is 4.99 Å². The zero-order valence-corrected chi connectivity index (χ0v) is 7.27. The maximum Gasteiger partial charge on any atom is 0.0895 e. The lowest BCUT2D eigenvalue weighted by molar-refractivity contribution is 1.02. The van der Waals surface area contributed by atoms with Gasteiger partial charge in [-0.05, 0) is 18.2 Å². The lowest BCUT2D eigenvalue weighted by Crippen LogP contribution is -2.18. The van der Waals surface area contributed by atoms with Crippen LogP contribution in [0.3, 0.4) is 0 Å². The number of nitrogens with two attached hydrogens (primary N) is 2. The summed E-state index contributed by atoms with van der Waals surface area (Å²) in [6, 6.07) is 5.63. The van der Waals surface area contributed by atoms with Gasteiger partial charge in [-0.15, -0.1) is 0 Å². The molecule has 2 rings (SSSR count). The molecule has 0 saturated carbocycles. The summed E-state index contributed by atoms with van der Waals surface area (Å²) in [5.41, 5.74) is 13.6. The van der Waals surface area contributed by atoms with Gasteiger partial charge in [0.1, 0.15) is 0 Å². The second-order valence-corrected chi connectivity index (χ2v) is 3.03. The van der Waals surface area contributed by atoms with Gasteiger partial charge in [0.25, 0.3) is 0 Å². The van der Waals surface area contributed by atoms with Crippen LogP contribution in [0.4, 0.5) is 17.1 Å². The number of benzene rings is 1. The molecule has 1 aromatic rings. The third-order valence-corrected chi connectivity index (χ3v) is 2.09. The number of hydrogen-bond donors (Lipinski definition) is 2. The van der Waals surface area contributed by atoms with Crippen LogP contribution in [0.15, 0.2) is 23.2 Å². The number of anilines is 3. The normalized spacial score (nSPS) is 15.2. The van der Waals surface area contributed by atoms with Crippen molar-refractivity contribution in [3.8, 4) is 0 Å². The van der Waals surface area contributed by atoms with Crippen LogP contribution >= 0.6 is 0 Å². The molecule has 4 nitrogen and oxygen atoms in total. The van der Waals surface area contributed by atoms with Gasteiger partial charge in [-0.25, -0.2) is 0 Å². The van der Waals surface area contributed by atoms with Gasteiger partial charge in [0, 0.05) is 12.2 Å². The number of hydrogen-bond acceptors (Lipinski definition) is 4. The van der Waals surface area contributed by atoms with E-state index in [9.17, 15) is 0 Å². The molecule has 68 valence electrons. The zero-order chi connectivity index (χ0) is 9.26. The molecule has 0 bridgehead atoms. The molecule has 0 aromatic heterocycles. The van der Waals surface area contributed by atoms with Gasteiger partial charge in [-0.2, -0.15) is 0 Å². The van der Waals surface area contributed by atoms with Crippen LogP contribution in [-0.4, -0.2) is 19.4 Å². The Kier molecular flexibility index (Phi) is 1.81. The molecule has 0 amide bonds. The summed E-state index contributed by atoms with van der Waals surface area (Å²) in [6.07, 6.45) is 1.82. The van der Waals surface area contributed by atoms with E-state index in [1.165, 1.54) is 0 Å². The van der Waals surface area contributed by atoms with E-state index in [-0.39, 0.29) is 0 Å². The van der Waals surface area contributed by atoms with Crippen LogP contribution in [0.5, 0.6) is 0 Å². The third-order valence-electron chi connectivity index (χ3n) is 2.09. The fourth-order valence-electron chi connectivity index (χ4n) is 1.32. The van der Waals surface area contributed by atoms with Crippen LogP contribution in [0.1, 0.15) is 0 Å². The number of aliphatic imine (C=N–C) groups is 1. The van der Waals surface area contributed by atoms with Gasteiger partial charge >= 0.3 is 0 Å². The van der Waals surface area contributed by atoms with Crippen LogP contribution in [0, 0.1) is 0 Å². The minimum absolute atomic E-state index is 0.623. The molecular weight excluding hydrogens is 164 g/mol. The van der Waals surface area contributed by atoms with Gasteiger partial charge in [-0.3, -0.25) is 4.99 Å². The monoisotopic (exact) mass is 176 g/mol. The van der Waals surface area contributed by atoms with Gasteiger partial charge in [0.05, 0.1) is 24.3 Å². The Morgan fingerprint density at radius 3 is 2.69 bits per heavy atom. The first kappa shape index (κ1) is 7.91. The summed E-state index contributed by atoms with van der Waals surface area (Å²) in [7, 11) is 0. The molecule has 0 spiro atoms. The number of rotatable bonds is 1. The minimum Gasteiger partial charge on any atom is -0.397 e. The summed E-state index contributed by atoms with van der Waals surface area (Å²) in [6.45, 7) is 1.77. The molecule has 0 aliphatic carbocycles. The van der Waals surface area contributed by atoms with Crippen molar-refractivity contribution >= 4 is 23.4 Å². The molecule has 4 heteroatoms. The highest BCUT2D eigenvalue weighted by atomic mass is 15.2. The van der Waals surface area contributed by atoms with E-state index in [1.807, 2.05) is 24.5 Å². The van der Waals surface area contributed by atoms with E-state index in [2.05, 4.69) is 9.89 Å². The highest BCUT2D eigenvalue weighted by Gasteiger charge is 2.08. The minimum atomic E-state index is 0.623. The smallest absolute Gasteiger partial charge is 0.0895 e. The largest absolute Gasteiger partial charge is 0.397 e. The number of nitrogens with zero attached hydrogens (tertiary/aromatic N) is 2. The fourth-order valence-corrected chi connectivity index (χ4v) is 1.32. The molecule has 0 atom stereocenters. The predicted molar refractivity (Wildman–Crippen MR) is 56.0 cm³/mol. The molecule has 13 heavy (non-hydrogen) atoms. The molecule has 1 heterocycles. The predicted octanol–water partition coefficient (Wildman–Crippen LogP) is 0.699. The first-order chi connectivity index (χ1) is 6.27. The van der Waals surface area contributed by atoms with Crippen molar-refractivity contribution in [3.05, 3.63) is 18.2 Å². The maximum absolute atomic E-state index is 5.69. The summed E-state index contributed by atoms with van der Waals surface area (Å²) in [4.78, 5) is 6.17. The SMILES string of the molecule is Nc1ccc(N2C=NCC2)cc1N.